The molecule has 0 aromatic carbocycles. The smallest absolute Gasteiger partial charge is 0.0240 e. The molecule has 34 valence electrons. The molecule has 0 aliphatic carbocycles. The molecule has 0 N–H and O–H groups in total. The van der Waals surface area contributed by atoms with Gasteiger partial charge in [-0.1, -0.05) is 0 Å². The lowest BCUT2D eigenvalue weighted by Gasteiger charge is -1.93. The van der Waals surface area contributed by atoms with E-state index in [1.165, 1.54) is 0 Å². The second-order valence-electron chi connectivity index (χ2n) is 2.28. The SMILES string of the molecule is [CH2+]C(C)(C)[CH+]C. The maximum absolute atomic E-state index is 3.83. The summed E-state index contributed by atoms with van der Waals surface area (Å²) in [6, 6.07) is 0. The maximum Gasteiger partial charge on any atom is 0.227 e. The molecule has 0 heterocycles. The fraction of sp³-hybridized carbons (Fsp3) is 0.667. The Bertz CT molecular complexity index is 29.8. The summed E-state index contributed by atoms with van der Waals surface area (Å²) in [4.78, 5) is 0. The second kappa shape index (κ2) is 1.46. The van der Waals surface area contributed by atoms with Crippen LogP contribution in [-0.4, -0.2) is 0 Å². The number of rotatable bonds is 1. The highest BCUT2D eigenvalue weighted by Crippen LogP contribution is 2.14. The Morgan fingerprint density at radius 1 is 1.50 bits per heavy atom. The van der Waals surface area contributed by atoms with E-state index in [0.717, 1.165) is 0 Å². The number of hydrogen-bond acceptors (Lipinski definition) is 0. The lowest BCUT2D eigenvalue weighted by atomic mass is 9.94. The van der Waals surface area contributed by atoms with Crippen molar-refractivity contribution in [1.29, 1.82) is 0 Å². The summed E-state index contributed by atoms with van der Waals surface area (Å²) in [5.74, 6) is 0. The van der Waals surface area contributed by atoms with Crippen molar-refractivity contribution in [3.8, 4) is 0 Å². The van der Waals surface area contributed by atoms with E-state index in [0.29, 0.717) is 0 Å². The summed E-state index contributed by atoms with van der Waals surface area (Å²) in [7, 11) is 0. The zero-order valence-electron chi connectivity index (χ0n) is 4.78. The standard InChI is InChI=1S/C6H12/c1-5-6(2,3)4/h5H,2H2,1,3-4H3/q+2. The van der Waals surface area contributed by atoms with Crippen LogP contribution in [0.3, 0.4) is 0 Å². The first-order valence-corrected chi connectivity index (χ1v) is 2.22. The molecule has 0 atom stereocenters. The first-order chi connectivity index (χ1) is 2.56. The van der Waals surface area contributed by atoms with Gasteiger partial charge in [0.25, 0.3) is 0 Å². The molecule has 0 aliphatic rings. The molecule has 0 amide bonds. The Balaban J connectivity index is 3.17. The fourth-order valence-corrected chi connectivity index (χ4v) is 0. The van der Waals surface area contributed by atoms with E-state index in [9.17, 15) is 0 Å². The molecule has 0 heteroatoms. The van der Waals surface area contributed by atoms with Gasteiger partial charge in [-0.2, -0.15) is 0 Å². The molecule has 0 spiro atoms. The summed E-state index contributed by atoms with van der Waals surface area (Å²) in [6.45, 7) is 10.0. The van der Waals surface area contributed by atoms with Crippen molar-refractivity contribution in [2.24, 2.45) is 5.41 Å². The Labute approximate surface area is 40.6 Å². The van der Waals surface area contributed by atoms with Crippen molar-refractivity contribution in [3.63, 3.8) is 0 Å². The van der Waals surface area contributed by atoms with E-state index in [4.69, 9.17) is 0 Å². The first kappa shape index (κ1) is 5.74. The Hall–Kier alpha value is -0.260. The number of hydrogen-bond donors (Lipinski definition) is 0. The molecule has 6 heavy (non-hydrogen) atoms. The molecule has 0 nitrogen and oxygen atoms in total. The molecular formula is C6H12+2. The van der Waals surface area contributed by atoms with Crippen LogP contribution < -0.4 is 0 Å². The summed E-state index contributed by atoms with van der Waals surface area (Å²) in [5, 5.41) is 0. The van der Waals surface area contributed by atoms with Gasteiger partial charge in [0.2, 0.25) is 5.41 Å². The zero-order chi connectivity index (χ0) is 5.21. The average molecular weight is 84.2 g/mol. The minimum Gasteiger partial charge on any atom is 0.0240 e. The van der Waals surface area contributed by atoms with Gasteiger partial charge in [0, 0.05) is 13.8 Å². The van der Waals surface area contributed by atoms with Gasteiger partial charge in [-0.05, 0) is 0 Å². The van der Waals surface area contributed by atoms with Gasteiger partial charge in [0.1, 0.15) is 13.3 Å². The van der Waals surface area contributed by atoms with E-state index >= 15 is 0 Å². The Kier molecular flexibility index (Phi) is 1.40. The van der Waals surface area contributed by atoms with Crippen molar-refractivity contribution in [2.75, 3.05) is 0 Å². The fourth-order valence-electron chi connectivity index (χ4n) is 0. The van der Waals surface area contributed by atoms with Crippen molar-refractivity contribution >= 4 is 0 Å². The summed E-state index contributed by atoms with van der Waals surface area (Å²) < 4.78 is 0. The first-order valence-electron chi connectivity index (χ1n) is 2.22. The second-order valence-corrected chi connectivity index (χ2v) is 2.28. The minimum absolute atomic E-state index is 0.167. The highest BCUT2D eigenvalue weighted by atomic mass is 14.1. The third kappa shape index (κ3) is 3.74. The van der Waals surface area contributed by atoms with Crippen LogP contribution in [0.2, 0.25) is 0 Å². The quantitative estimate of drug-likeness (QED) is 0.427. The lowest BCUT2D eigenvalue weighted by molar-refractivity contribution is 0.566. The molecule has 0 radical (unpaired) electrons. The Morgan fingerprint density at radius 3 is 1.67 bits per heavy atom. The maximum atomic E-state index is 3.83. The third-order valence-corrected chi connectivity index (χ3v) is 0.781. The van der Waals surface area contributed by atoms with E-state index in [1.54, 1.807) is 0 Å². The van der Waals surface area contributed by atoms with Crippen LogP contribution in [0.4, 0.5) is 0 Å². The van der Waals surface area contributed by atoms with Gasteiger partial charge in [-0.25, -0.2) is 0 Å². The van der Waals surface area contributed by atoms with Gasteiger partial charge in [-0.15, -0.1) is 0 Å². The lowest BCUT2D eigenvalue weighted by Crippen LogP contribution is -2.01. The van der Waals surface area contributed by atoms with E-state index in [2.05, 4.69) is 27.2 Å². The summed E-state index contributed by atoms with van der Waals surface area (Å²) in [5.41, 5.74) is 0.167. The molecule has 0 rings (SSSR count). The van der Waals surface area contributed by atoms with Crippen molar-refractivity contribution < 1.29 is 0 Å². The van der Waals surface area contributed by atoms with Crippen molar-refractivity contribution in [1.82, 2.24) is 0 Å². The van der Waals surface area contributed by atoms with Crippen molar-refractivity contribution in [2.45, 2.75) is 20.8 Å². The van der Waals surface area contributed by atoms with E-state index in [1.807, 2.05) is 6.92 Å². The van der Waals surface area contributed by atoms with Crippen LogP contribution in [0, 0.1) is 18.8 Å². The van der Waals surface area contributed by atoms with E-state index in [-0.39, 0.29) is 5.41 Å². The molecule has 0 saturated carbocycles. The summed E-state index contributed by atoms with van der Waals surface area (Å²) in [6.07, 6.45) is 2.08. The molecular weight excluding hydrogens is 72.1 g/mol. The molecule has 0 aliphatic heterocycles. The van der Waals surface area contributed by atoms with Gasteiger partial charge < -0.3 is 0 Å². The highest BCUT2D eigenvalue weighted by molar-refractivity contribution is 4.82. The van der Waals surface area contributed by atoms with Crippen molar-refractivity contribution in [3.05, 3.63) is 13.3 Å². The van der Waals surface area contributed by atoms with Crippen LogP contribution in [0.15, 0.2) is 0 Å². The predicted molar refractivity (Wildman–Crippen MR) is 29.1 cm³/mol. The average Bonchev–Trinajstić information content (AvgIpc) is 1.35. The highest BCUT2D eigenvalue weighted by Gasteiger charge is 2.22. The van der Waals surface area contributed by atoms with Crippen LogP contribution in [0.5, 0.6) is 0 Å². The Morgan fingerprint density at radius 2 is 1.67 bits per heavy atom. The molecule has 0 saturated heterocycles. The van der Waals surface area contributed by atoms with Gasteiger partial charge in [0.15, 0.2) is 0 Å². The van der Waals surface area contributed by atoms with E-state index < -0.39 is 0 Å². The normalized spacial score (nSPS) is 11.2. The molecule has 0 aromatic rings. The van der Waals surface area contributed by atoms with Crippen LogP contribution >= 0.6 is 0 Å². The van der Waals surface area contributed by atoms with Crippen LogP contribution in [0.1, 0.15) is 20.8 Å². The minimum atomic E-state index is 0.167. The van der Waals surface area contributed by atoms with Gasteiger partial charge >= 0.3 is 0 Å². The topological polar surface area (TPSA) is 0 Å². The van der Waals surface area contributed by atoms with Gasteiger partial charge in [0.05, 0.1) is 6.92 Å². The van der Waals surface area contributed by atoms with Crippen LogP contribution in [-0.2, 0) is 0 Å². The largest absolute Gasteiger partial charge is 0.227 e. The predicted octanol–water partition coefficient (Wildman–Crippen LogP) is 2.07. The molecule has 0 bridgehead atoms. The summed E-state index contributed by atoms with van der Waals surface area (Å²) >= 11 is 0. The molecule has 0 fully saturated rings. The van der Waals surface area contributed by atoms with Crippen LogP contribution in [0.25, 0.3) is 0 Å². The molecule has 0 unspecified atom stereocenters. The third-order valence-electron chi connectivity index (χ3n) is 0.781. The zero-order valence-corrected chi connectivity index (χ0v) is 4.78. The monoisotopic (exact) mass is 84.1 g/mol. The molecule has 0 aromatic heterocycles. The van der Waals surface area contributed by atoms with Gasteiger partial charge in [-0.3, -0.25) is 0 Å².